The van der Waals surface area contributed by atoms with E-state index >= 15 is 0 Å². The Balaban J connectivity index is 3.09. The van der Waals surface area contributed by atoms with Gasteiger partial charge in [0.2, 0.25) is 0 Å². The molecule has 8 heavy (non-hydrogen) atoms. The molecule has 42 valence electrons. The molecule has 0 atom stereocenters. The van der Waals surface area contributed by atoms with Gasteiger partial charge >= 0.3 is 0 Å². The summed E-state index contributed by atoms with van der Waals surface area (Å²) < 4.78 is 1.41. The van der Waals surface area contributed by atoms with Gasteiger partial charge in [-0.15, -0.1) is 0 Å². The van der Waals surface area contributed by atoms with Crippen molar-refractivity contribution in [1.82, 2.24) is 9.66 Å². The number of nitrogens with zero attached hydrogens (tertiary/aromatic N) is 2. The van der Waals surface area contributed by atoms with Crippen molar-refractivity contribution in [2.24, 2.45) is 0 Å². The molecule has 0 aromatic carbocycles. The summed E-state index contributed by atoms with van der Waals surface area (Å²) in [6.45, 7) is 3.50. The van der Waals surface area contributed by atoms with E-state index < -0.39 is 0 Å². The maximum Gasteiger partial charge on any atom is 0.150 e. The van der Waals surface area contributed by atoms with Crippen LogP contribution in [0.3, 0.4) is 0 Å². The molecule has 0 aliphatic heterocycles. The zero-order chi connectivity index (χ0) is 5.98. The lowest BCUT2D eigenvalue weighted by atomic mass is 10.6. The van der Waals surface area contributed by atoms with Crippen molar-refractivity contribution in [3.05, 3.63) is 24.8 Å². The van der Waals surface area contributed by atoms with E-state index in [0.717, 1.165) is 0 Å². The van der Waals surface area contributed by atoms with Crippen LogP contribution in [-0.2, 0) is 0 Å². The van der Waals surface area contributed by atoms with Crippen LogP contribution in [0.25, 0.3) is 6.08 Å². The van der Waals surface area contributed by atoms with Crippen LogP contribution in [0, 0.1) is 0 Å². The molecule has 3 heteroatoms. The third kappa shape index (κ3) is 0.578. The molecule has 0 saturated heterocycles. The second-order valence-corrected chi connectivity index (χ2v) is 1.40. The number of nitrogen functional groups attached to an aromatic ring is 1. The lowest BCUT2D eigenvalue weighted by molar-refractivity contribution is 0.980. The SMILES string of the molecule is C=Cc1nccn1N. The summed E-state index contributed by atoms with van der Waals surface area (Å²) in [7, 11) is 0. The van der Waals surface area contributed by atoms with E-state index in [9.17, 15) is 0 Å². The molecule has 0 aliphatic carbocycles. The first kappa shape index (κ1) is 4.90. The quantitative estimate of drug-likeness (QED) is 0.525. The molecule has 2 N–H and O–H groups in total. The van der Waals surface area contributed by atoms with Crippen LogP contribution in [-0.4, -0.2) is 9.66 Å². The molecule has 0 spiro atoms. The van der Waals surface area contributed by atoms with Crippen LogP contribution >= 0.6 is 0 Å². The first-order chi connectivity index (χ1) is 3.84. The Hall–Kier alpha value is -1.25. The summed E-state index contributed by atoms with van der Waals surface area (Å²) in [5.74, 6) is 6.02. The van der Waals surface area contributed by atoms with Crippen LogP contribution in [0.5, 0.6) is 0 Å². The summed E-state index contributed by atoms with van der Waals surface area (Å²) in [4.78, 5) is 3.85. The van der Waals surface area contributed by atoms with Crippen molar-refractivity contribution >= 4 is 6.08 Å². The fourth-order valence-corrected chi connectivity index (χ4v) is 0.483. The molecule has 0 amide bonds. The number of rotatable bonds is 1. The van der Waals surface area contributed by atoms with Crippen molar-refractivity contribution in [3.63, 3.8) is 0 Å². The fraction of sp³-hybridized carbons (Fsp3) is 0. The predicted molar refractivity (Wildman–Crippen MR) is 32.5 cm³/mol. The highest BCUT2D eigenvalue weighted by Gasteiger charge is 1.88. The van der Waals surface area contributed by atoms with E-state index in [2.05, 4.69) is 11.6 Å². The van der Waals surface area contributed by atoms with Gasteiger partial charge < -0.3 is 5.84 Å². The van der Waals surface area contributed by atoms with Crippen LogP contribution in [0.15, 0.2) is 19.0 Å². The molecule has 1 heterocycles. The Kier molecular flexibility index (Phi) is 1.04. The molecule has 0 bridgehead atoms. The molecule has 1 aromatic rings. The van der Waals surface area contributed by atoms with Gasteiger partial charge in [0.05, 0.1) is 0 Å². The molecule has 0 unspecified atom stereocenters. The van der Waals surface area contributed by atoms with Gasteiger partial charge in [0.1, 0.15) is 5.82 Å². The summed E-state index contributed by atoms with van der Waals surface area (Å²) in [5, 5.41) is 0. The zero-order valence-corrected chi connectivity index (χ0v) is 4.41. The smallest absolute Gasteiger partial charge is 0.150 e. The molecular formula is C5H7N3. The van der Waals surface area contributed by atoms with Gasteiger partial charge in [0.25, 0.3) is 0 Å². The van der Waals surface area contributed by atoms with Crippen molar-refractivity contribution in [1.29, 1.82) is 0 Å². The largest absolute Gasteiger partial charge is 0.338 e. The first-order valence-electron chi connectivity index (χ1n) is 2.25. The summed E-state index contributed by atoms with van der Waals surface area (Å²) in [6.07, 6.45) is 4.88. The highest BCUT2D eigenvalue weighted by molar-refractivity contribution is 5.36. The molecule has 0 aliphatic rings. The van der Waals surface area contributed by atoms with E-state index in [0.29, 0.717) is 5.82 Å². The monoisotopic (exact) mass is 109 g/mol. The standard InChI is InChI=1S/C5H7N3/c1-2-5-7-3-4-8(5)6/h2-4H,1,6H2. The molecule has 0 radical (unpaired) electrons. The van der Waals surface area contributed by atoms with Crippen molar-refractivity contribution in [3.8, 4) is 0 Å². The number of hydrogen-bond donors (Lipinski definition) is 1. The number of imidazole rings is 1. The van der Waals surface area contributed by atoms with Crippen LogP contribution in [0.4, 0.5) is 0 Å². The van der Waals surface area contributed by atoms with Gasteiger partial charge in [0.15, 0.2) is 0 Å². The second-order valence-electron chi connectivity index (χ2n) is 1.40. The summed E-state index contributed by atoms with van der Waals surface area (Å²) in [6, 6.07) is 0. The minimum absolute atomic E-state index is 0.685. The Morgan fingerprint density at radius 2 is 2.62 bits per heavy atom. The van der Waals surface area contributed by atoms with E-state index in [-0.39, 0.29) is 0 Å². The Bertz CT molecular complexity index is 189. The third-order valence-electron chi connectivity index (χ3n) is 0.881. The van der Waals surface area contributed by atoms with Gasteiger partial charge in [-0.3, -0.25) is 4.68 Å². The number of aromatic nitrogens is 2. The highest BCUT2D eigenvalue weighted by atomic mass is 15.3. The van der Waals surface area contributed by atoms with E-state index in [1.54, 1.807) is 18.5 Å². The fourth-order valence-electron chi connectivity index (χ4n) is 0.483. The number of nitrogens with two attached hydrogens (primary N) is 1. The van der Waals surface area contributed by atoms with Crippen LogP contribution in [0.1, 0.15) is 5.82 Å². The lowest BCUT2D eigenvalue weighted by Gasteiger charge is -1.89. The van der Waals surface area contributed by atoms with E-state index in [1.165, 1.54) is 4.68 Å². The molecule has 1 aromatic heterocycles. The minimum Gasteiger partial charge on any atom is -0.338 e. The van der Waals surface area contributed by atoms with Crippen LogP contribution in [0.2, 0.25) is 0 Å². The van der Waals surface area contributed by atoms with Crippen molar-refractivity contribution in [2.45, 2.75) is 0 Å². The van der Waals surface area contributed by atoms with Gasteiger partial charge in [-0.05, 0) is 6.08 Å². The third-order valence-corrected chi connectivity index (χ3v) is 0.881. The molecular weight excluding hydrogens is 102 g/mol. The average molecular weight is 109 g/mol. The normalized spacial score (nSPS) is 9.00. The summed E-state index contributed by atoms with van der Waals surface area (Å²) >= 11 is 0. The molecule has 0 saturated carbocycles. The lowest BCUT2D eigenvalue weighted by Crippen LogP contribution is -2.07. The highest BCUT2D eigenvalue weighted by Crippen LogP contribution is 1.90. The number of hydrogen-bond acceptors (Lipinski definition) is 2. The van der Waals surface area contributed by atoms with Gasteiger partial charge in [-0.25, -0.2) is 4.98 Å². The Morgan fingerprint density at radius 3 is 2.88 bits per heavy atom. The molecule has 0 fully saturated rings. The maximum absolute atomic E-state index is 5.33. The average Bonchev–Trinajstić information content (AvgIpc) is 2.14. The first-order valence-corrected chi connectivity index (χ1v) is 2.25. The van der Waals surface area contributed by atoms with Crippen molar-refractivity contribution in [2.75, 3.05) is 5.84 Å². The minimum atomic E-state index is 0.685. The maximum atomic E-state index is 5.33. The molecule has 1 rings (SSSR count). The van der Waals surface area contributed by atoms with E-state index in [1.807, 2.05) is 0 Å². The Morgan fingerprint density at radius 1 is 1.88 bits per heavy atom. The van der Waals surface area contributed by atoms with E-state index in [4.69, 9.17) is 5.84 Å². The van der Waals surface area contributed by atoms with Gasteiger partial charge in [-0.2, -0.15) is 0 Å². The predicted octanol–water partition coefficient (Wildman–Crippen LogP) is 0.240. The topological polar surface area (TPSA) is 43.8 Å². The van der Waals surface area contributed by atoms with Crippen molar-refractivity contribution < 1.29 is 0 Å². The Labute approximate surface area is 47.4 Å². The van der Waals surface area contributed by atoms with Crippen LogP contribution < -0.4 is 5.84 Å². The second kappa shape index (κ2) is 1.69. The molecule has 3 nitrogen and oxygen atoms in total. The zero-order valence-electron chi connectivity index (χ0n) is 4.41. The van der Waals surface area contributed by atoms with Gasteiger partial charge in [-0.1, -0.05) is 6.58 Å². The van der Waals surface area contributed by atoms with Gasteiger partial charge in [0, 0.05) is 12.4 Å². The summed E-state index contributed by atoms with van der Waals surface area (Å²) in [5.41, 5.74) is 0.